The second kappa shape index (κ2) is 4.49. The maximum atomic E-state index is 9.31. The lowest BCUT2D eigenvalue weighted by Gasteiger charge is -2.09. The molecule has 0 heterocycles. The number of hydrogen-bond donors (Lipinski definition) is 1. The number of phenols is 1. The molecule has 0 fully saturated rings. The Hall–Kier alpha value is -1.73. The molecule has 1 N–H and O–H groups in total. The molecule has 0 radical (unpaired) electrons. The van der Waals surface area contributed by atoms with Crippen LogP contribution in [0.2, 0.25) is 0 Å². The Labute approximate surface area is 82.3 Å². The van der Waals surface area contributed by atoms with Crippen LogP contribution >= 0.6 is 0 Å². The van der Waals surface area contributed by atoms with Crippen LogP contribution < -0.4 is 4.74 Å². The molecule has 0 amide bonds. The van der Waals surface area contributed by atoms with E-state index in [4.69, 9.17) is 14.7 Å². The van der Waals surface area contributed by atoms with Crippen LogP contribution in [0.5, 0.6) is 11.5 Å². The van der Waals surface area contributed by atoms with Gasteiger partial charge in [-0.25, -0.2) is 0 Å². The molecule has 1 rings (SSSR count). The van der Waals surface area contributed by atoms with Gasteiger partial charge in [-0.3, -0.25) is 0 Å². The Morgan fingerprint density at radius 1 is 1.43 bits per heavy atom. The highest BCUT2D eigenvalue weighted by Gasteiger charge is 2.11. The van der Waals surface area contributed by atoms with Gasteiger partial charge in [0.05, 0.1) is 13.2 Å². The average molecular weight is 193 g/mol. The second-order valence-corrected chi connectivity index (χ2v) is 2.68. The van der Waals surface area contributed by atoms with Crippen molar-refractivity contribution in [3.05, 3.63) is 23.8 Å². The van der Waals surface area contributed by atoms with E-state index in [0.29, 0.717) is 11.3 Å². The first kappa shape index (κ1) is 10.4. The van der Waals surface area contributed by atoms with Gasteiger partial charge in [0.2, 0.25) is 0 Å². The van der Waals surface area contributed by atoms with Crippen molar-refractivity contribution in [2.75, 3.05) is 14.2 Å². The zero-order valence-corrected chi connectivity index (χ0v) is 8.02. The fourth-order valence-corrected chi connectivity index (χ4v) is 1.12. The monoisotopic (exact) mass is 193 g/mol. The Balaban J connectivity index is 3.06. The van der Waals surface area contributed by atoms with Crippen molar-refractivity contribution in [1.29, 1.82) is 5.26 Å². The van der Waals surface area contributed by atoms with Gasteiger partial charge in [0, 0.05) is 7.11 Å². The predicted molar refractivity (Wildman–Crippen MR) is 50.0 cm³/mol. The summed E-state index contributed by atoms with van der Waals surface area (Å²) in [7, 11) is 2.90. The highest BCUT2D eigenvalue weighted by molar-refractivity contribution is 5.43. The predicted octanol–water partition coefficient (Wildman–Crippen LogP) is 1.61. The third kappa shape index (κ3) is 1.95. The lowest BCUT2D eigenvalue weighted by atomic mass is 10.1. The molecule has 0 saturated heterocycles. The fourth-order valence-electron chi connectivity index (χ4n) is 1.12. The smallest absolute Gasteiger partial charge is 0.168 e. The highest BCUT2D eigenvalue weighted by Crippen LogP contribution is 2.29. The van der Waals surface area contributed by atoms with Crippen LogP contribution in [0, 0.1) is 11.3 Å². The van der Waals surface area contributed by atoms with Gasteiger partial charge in [-0.15, -0.1) is 0 Å². The van der Waals surface area contributed by atoms with Crippen LogP contribution in [0.15, 0.2) is 18.2 Å². The van der Waals surface area contributed by atoms with E-state index >= 15 is 0 Å². The van der Waals surface area contributed by atoms with Gasteiger partial charge in [0.1, 0.15) is 0 Å². The summed E-state index contributed by atoms with van der Waals surface area (Å²) in [5.74, 6) is 0.379. The molecule has 14 heavy (non-hydrogen) atoms. The Bertz CT molecular complexity index is 357. The molecule has 1 aromatic carbocycles. The van der Waals surface area contributed by atoms with Gasteiger partial charge in [-0.2, -0.15) is 5.26 Å². The zero-order chi connectivity index (χ0) is 10.6. The molecule has 0 aliphatic carbocycles. The molecule has 74 valence electrons. The zero-order valence-electron chi connectivity index (χ0n) is 8.02. The topological polar surface area (TPSA) is 62.5 Å². The number of hydrogen-bond acceptors (Lipinski definition) is 4. The normalized spacial score (nSPS) is 11.8. The number of ether oxygens (including phenoxy) is 2. The molecule has 1 aromatic rings. The first-order valence-corrected chi connectivity index (χ1v) is 4.02. The van der Waals surface area contributed by atoms with E-state index in [-0.39, 0.29) is 5.75 Å². The molecular formula is C10H11NO3. The lowest BCUT2D eigenvalue weighted by Crippen LogP contribution is -1.98. The molecule has 0 spiro atoms. The number of phenolic OH excluding ortho intramolecular Hbond substituents is 1. The molecule has 1 unspecified atom stereocenters. The Kier molecular flexibility index (Phi) is 3.32. The summed E-state index contributed by atoms with van der Waals surface area (Å²) in [6.07, 6.45) is -0.635. The van der Waals surface area contributed by atoms with Crippen LogP contribution in [0.25, 0.3) is 0 Å². The van der Waals surface area contributed by atoms with E-state index in [1.54, 1.807) is 12.1 Å². The number of methoxy groups -OCH3 is 2. The fraction of sp³-hybridized carbons (Fsp3) is 0.300. The van der Waals surface area contributed by atoms with Crippen molar-refractivity contribution in [1.82, 2.24) is 0 Å². The number of rotatable bonds is 3. The number of nitrogens with zero attached hydrogens (tertiary/aromatic N) is 1. The minimum Gasteiger partial charge on any atom is -0.504 e. The summed E-state index contributed by atoms with van der Waals surface area (Å²) in [4.78, 5) is 0. The third-order valence-corrected chi connectivity index (χ3v) is 1.86. The van der Waals surface area contributed by atoms with Crippen molar-refractivity contribution in [3.8, 4) is 17.6 Å². The standard InChI is InChI=1S/C10H11NO3/c1-13-9-5-7(3-4-8(9)12)10(6-11)14-2/h3-5,10,12H,1-2H3. The summed E-state index contributed by atoms with van der Waals surface area (Å²) >= 11 is 0. The molecule has 4 heteroatoms. The summed E-state index contributed by atoms with van der Waals surface area (Å²) in [6, 6.07) is 6.65. The van der Waals surface area contributed by atoms with E-state index in [9.17, 15) is 5.11 Å². The van der Waals surface area contributed by atoms with Crippen molar-refractivity contribution in [2.24, 2.45) is 0 Å². The van der Waals surface area contributed by atoms with Gasteiger partial charge in [0.25, 0.3) is 0 Å². The molecule has 0 saturated carbocycles. The van der Waals surface area contributed by atoms with Gasteiger partial charge in [0.15, 0.2) is 17.6 Å². The van der Waals surface area contributed by atoms with Crippen LogP contribution in [0.1, 0.15) is 11.7 Å². The van der Waals surface area contributed by atoms with E-state index < -0.39 is 6.10 Å². The number of benzene rings is 1. The molecule has 1 atom stereocenters. The first-order chi connectivity index (χ1) is 6.72. The third-order valence-electron chi connectivity index (χ3n) is 1.86. The Morgan fingerprint density at radius 3 is 2.64 bits per heavy atom. The lowest BCUT2D eigenvalue weighted by molar-refractivity contribution is 0.148. The number of aromatic hydroxyl groups is 1. The minimum atomic E-state index is -0.635. The first-order valence-electron chi connectivity index (χ1n) is 4.02. The van der Waals surface area contributed by atoms with Gasteiger partial charge in [-0.05, 0) is 17.7 Å². The molecular weight excluding hydrogens is 182 g/mol. The molecule has 0 aromatic heterocycles. The SMILES string of the molecule is COc1cc(C(C#N)OC)ccc1O. The molecule has 0 aliphatic heterocycles. The van der Waals surface area contributed by atoms with Crippen molar-refractivity contribution in [2.45, 2.75) is 6.10 Å². The Morgan fingerprint density at radius 2 is 2.14 bits per heavy atom. The molecule has 0 aliphatic rings. The summed E-state index contributed by atoms with van der Waals surface area (Å²) in [6.45, 7) is 0. The van der Waals surface area contributed by atoms with Gasteiger partial charge >= 0.3 is 0 Å². The average Bonchev–Trinajstić information content (AvgIpc) is 2.22. The van der Waals surface area contributed by atoms with E-state index in [0.717, 1.165) is 0 Å². The summed E-state index contributed by atoms with van der Waals surface area (Å²) < 4.78 is 9.84. The van der Waals surface area contributed by atoms with E-state index in [1.807, 2.05) is 6.07 Å². The molecule has 4 nitrogen and oxygen atoms in total. The largest absolute Gasteiger partial charge is 0.504 e. The van der Waals surface area contributed by atoms with Crippen molar-refractivity contribution < 1.29 is 14.6 Å². The van der Waals surface area contributed by atoms with Gasteiger partial charge in [-0.1, -0.05) is 6.07 Å². The van der Waals surface area contributed by atoms with E-state index in [2.05, 4.69) is 0 Å². The van der Waals surface area contributed by atoms with Crippen LogP contribution in [-0.2, 0) is 4.74 Å². The van der Waals surface area contributed by atoms with Crippen molar-refractivity contribution in [3.63, 3.8) is 0 Å². The van der Waals surface area contributed by atoms with Crippen LogP contribution in [-0.4, -0.2) is 19.3 Å². The van der Waals surface area contributed by atoms with Crippen molar-refractivity contribution >= 4 is 0 Å². The van der Waals surface area contributed by atoms with Gasteiger partial charge < -0.3 is 14.6 Å². The van der Waals surface area contributed by atoms with E-state index in [1.165, 1.54) is 20.3 Å². The maximum absolute atomic E-state index is 9.31. The second-order valence-electron chi connectivity index (χ2n) is 2.68. The quantitative estimate of drug-likeness (QED) is 0.792. The highest BCUT2D eigenvalue weighted by atomic mass is 16.5. The number of nitriles is 1. The summed E-state index contributed by atoms with van der Waals surface area (Å²) in [5, 5.41) is 18.0. The minimum absolute atomic E-state index is 0.0454. The van der Waals surface area contributed by atoms with Crippen LogP contribution in [0.4, 0.5) is 0 Å². The maximum Gasteiger partial charge on any atom is 0.168 e. The van der Waals surface area contributed by atoms with Crippen LogP contribution in [0.3, 0.4) is 0 Å². The molecule has 0 bridgehead atoms. The summed E-state index contributed by atoms with van der Waals surface area (Å²) in [5.41, 5.74) is 0.657.